The van der Waals surface area contributed by atoms with Crippen LogP contribution in [0.15, 0.2) is 54.6 Å². The number of para-hydroxylation sites is 1. The third kappa shape index (κ3) is 3.73. The molecular formula is C16H19NO2. The Hall–Kier alpha value is -2.00. The van der Waals surface area contributed by atoms with Crippen LogP contribution in [0.4, 0.5) is 0 Å². The van der Waals surface area contributed by atoms with Crippen LogP contribution in [-0.4, -0.2) is 20.3 Å². The van der Waals surface area contributed by atoms with Crippen LogP contribution >= 0.6 is 0 Å². The van der Waals surface area contributed by atoms with Gasteiger partial charge in [-0.05, 0) is 29.8 Å². The van der Waals surface area contributed by atoms with Gasteiger partial charge in [0.05, 0.1) is 13.7 Å². The normalized spacial score (nSPS) is 11.9. The predicted octanol–water partition coefficient (Wildman–Crippen LogP) is 2.82. The molecule has 2 aromatic rings. The van der Waals surface area contributed by atoms with Gasteiger partial charge in [0.15, 0.2) is 0 Å². The van der Waals surface area contributed by atoms with Gasteiger partial charge in [-0.15, -0.1) is 0 Å². The molecule has 2 aromatic carbocycles. The molecule has 0 radical (unpaired) electrons. The minimum absolute atomic E-state index is 0.186. The maximum atomic E-state index is 5.83. The first kappa shape index (κ1) is 13.4. The van der Waals surface area contributed by atoms with Crippen molar-refractivity contribution in [2.45, 2.75) is 5.92 Å². The molecule has 0 aliphatic rings. The molecule has 0 aliphatic heterocycles. The highest BCUT2D eigenvalue weighted by atomic mass is 16.5. The number of ether oxygens (including phenoxy) is 2. The fourth-order valence-electron chi connectivity index (χ4n) is 1.89. The van der Waals surface area contributed by atoms with E-state index in [0.29, 0.717) is 13.2 Å². The van der Waals surface area contributed by atoms with Crippen molar-refractivity contribution >= 4 is 0 Å². The molecule has 0 fully saturated rings. The first-order chi connectivity index (χ1) is 9.33. The monoisotopic (exact) mass is 257 g/mol. The SMILES string of the molecule is COc1ccc(C(CN)COc2ccccc2)cc1. The largest absolute Gasteiger partial charge is 0.497 e. The first-order valence-electron chi connectivity index (χ1n) is 6.35. The average molecular weight is 257 g/mol. The van der Waals surface area contributed by atoms with Crippen LogP contribution in [0.5, 0.6) is 11.5 Å². The first-order valence-corrected chi connectivity index (χ1v) is 6.35. The molecule has 100 valence electrons. The summed E-state index contributed by atoms with van der Waals surface area (Å²) in [6.07, 6.45) is 0. The standard InChI is InChI=1S/C16H19NO2/c1-18-15-9-7-13(8-10-15)14(11-17)12-19-16-5-3-2-4-6-16/h2-10,14H,11-12,17H2,1H3. The van der Waals surface area contributed by atoms with Crippen LogP contribution < -0.4 is 15.2 Å². The Kier molecular flexibility index (Phi) is 4.81. The maximum absolute atomic E-state index is 5.83. The van der Waals surface area contributed by atoms with Crippen molar-refractivity contribution in [2.75, 3.05) is 20.3 Å². The molecule has 0 aliphatic carbocycles. The fraction of sp³-hybridized carbons (Fsp3) is 0.250. The second-order valence-electron chi connectivity index (χ2n) is 4.33. The lowest BCUT2D eigenvalue weighted by atomic mass is 10.0. The van der Waals surface area contributed by atoms with Gasteiger partial charge in [0, 0.05) is 12.5 Å². The molecule has 0 saturated heterocycles. The summed E-state index contributed by atoms with van der Waals surface area (Å²) in [5.41, 5.74) is 6.99. The predicted molar refractivity (Wildman–Crippen MR) is 76.7 cm³/mol. The van der Waals surface area contributed by atoms with E-state index in [9.17, 15) is 0 Å². The summed E-state index contributed by atoms with van der Waals surface area (Å²) < 4.78 is 10.9. The quantitative estimate of drug-likeness (QED) is 0.865. The highest BCUT2D eigenvalue weighted by Crippen LogP contribution is 2.20. The molecule has 2 N–H and O–H groups in total. The third-order valence-corrected chi connectivity index (χ3v) is 3.07. The van der Waals surface area contributed by atoms with E-state index in [4.69, 9.17) is 15.2 Å². The van der Waals surface area contributed by atoms with E-state index in [1.807, 2.05) is 54.6 Å². The van der Waals surface area contributed by atoms with Gasteiger partial charge in [-0.1, -0.05) is 30.3 Å². The van der Waals surface area contributed by atoms with Crippen LogP contribution in [0.25, 0.3) is 0 Å². The van der Waals surface area contributed by atoms with Crippen LogP contribution in [0.2, 0.25) is 0 Å². The number of hydrogen-bond acceptors (Lipinski definition) is 3. The molecule has 0 heterocycles. The smallest absolute Gasteiger partial charge is 0.119 e. The van der Waals surface area contributed by atoms with Crippen molar-refractivity contribution in [1.82, 2.24) is 0 Å². The van der Waals surface area contributed by atoms with Crippen molar-refractivity contribution in [3.8, 4) is 11.5 Å². The Morgan fingerprint density at radius 2 is 1.63 bits per heavy atom. The zero-order valence-corrected chi connectivity index (χ0v) is 11.1. The molecule has 1 atom stereocenters. The van der Waals surface area contributed by atoms with Gasteiger partial charge in [0.1, 0.15) is 11.5 Å². The van der Waals surface area contributed by atoms with Gasteiger partial charge in [-0.25, -0.2) is 0 Å². The summed E-state index contributed by atoms with van der Waals surface area (Å²) in [5.74, 6) is 1.91. The van der Waals surface area contributed by atoms with Crippen LogP contribution in [-0.2, 0) is 0 Å². The summed E-state index contributed by atoms with van der Waals surface area (Å²) in [6, 6.07) is 17.7. The Bertz CT molecular complexity index is 482. The number of benzene rings is 2. The third-order valence-electron chi connectivity index (χ3n) is 3.07. The van der Waals surface area contributed by atoms with Crippen LogP contribution in [0.1, 0.15) is 11.5 Å². The van der Waals surface area contributed by atoms with E-state index in [2.05, 4.69) is 0 Å². The van der Waals surface area contributed by atoms with E-state index < -0.39 is 0 Å². The van der Waals surface area contributed by atoms with E-state index in [1.54, 1.807) is 7.11 Å². The maximum Gasteiger partial charge on any atom is 0.119 e. The van der Waals surface area contributed by atoms with Gasteiger partial charge < -0.3 is 15.2 Å². The van der Waals surface area contributed by atoms with E-state index in [-0.39, 0.29) is 5.92 Å². The second-order valence-corrected chi connectivity index (χ2v) is 4.33. The lowest BCUT2D eigenvalue weighted by Gasteiger charge is -2.16. The highest BCUT2D eigenvalue weighted by molar-refractivity contribution is 5.30. The fourth-order valence-corrected chi connectivity index (χ4v) is 1.89. The van der Waals surface area contributed by atoms with E-state index in [1.165, 1.54) is 5.56 Å². The molecule has 0 spiro atoms. The molecule has 0 aromatic heterocycles. The molecule has 3 nitrogen and oxygen atoms in total. The van der Waals surface area contributed by atoms with Crippen molar-refractivity contribution in [3.05, 3.63) is 60.2 Å². The molecule has 19 heavy (non-hydrogen) atoms. The summed E-state index contributed by atoms with van der Waals surface area (Å²) in [5, 5.41) is 0. The van der Waals surface area contributed by atoms with Crippen LogP contribution in [0.3, 0.4) is 0 Å². The molecular weight excluding hydrogens is 238 g/mol. The van der Waals surface area contributed by atoms with E-state index >= 15 is 0 Å². The Labute approximate surface area is 114 Å². The van der Waals surface area contributed by atoms with Gasteiger partial charge in [0.25, 0.3) is 0 Å². The minimum atomic E-state index is 0.186. The molecule has 0 bridgehead atoms. The molecule has 0 amide bonds. The molecule has 1 unspecified atom stereocenters. The summed E-state index contributed by atoms with van der Waals surface area (Å²) in [6.45, 7) is 1.13. The second kappa shape index (κ2) is 6.81. The Morgan fingerprint density at radius 3 is 2.21 bits per heavy atom. The van der Waals surface area contributed by atoms with Crippen molar-refractivity contribution in [1.29, 1.82) is 0 Å². The van der Waals surface area contributed by atoms with Crippen molar-refractivity contribution in [3.63, 3.8) is 0 Å². The van der Waals surface area contributed by atoms with E-state index in [0.717, 1.165) is 11.5 Å². The lowest BCUT2D eigenvalue weighted by molar-refractivity contribution is 0.290. The number of hydrogen-bond donors (Lipinski definition) is 1. The number of nitrogens with two attached hydrogens (primary N) is 1. The van der Waals surface area contributed by atoms with Crippen LogP contribution in [0, 0.1) is 0 Å². The van der Waals surface area contributed by atoms with Gasteiger partial charge in [-0.3, -0.25) is 0 Å². The molecule has 0 saturated carbocycles. The Balaban J connectivity index is 1.99. The zero-order valence-electron chi connectivity index (χ0n) is 11.1. The average Bonchev–Trinajstić information content (AvgIpc) is 2.49. The highest BCUT2D eigenvalue weighted by Gasteiger charge is 2.10. The zero-order chi connectivity index (χ0) is 13.5. The summed E-state index contributed by atoms with van der Waals surface area (Å²) >= 11 is 0. The topological polar surface area (TPSA) is 44.5 Å². The summed E-state index contributed by atoms with van der Waals surface area (Å²) in [7, 11) is 1.66. The summed E-state index contributed by atoms with van der Waals surface area (Å²) in [4.78, 5) is 0. The number of methoxy groups -OCH3 is 1. The lowest BCUT2D eigenvalue weighted by Crippen LogP contribution is -2.19. The molecule has 3 heteroatoms. The van der Waals surface area contributed by atoms with Crippen molar-refractivity contribution in [2.24, 2.45) is 5.73 Å². The molecule has 2 rings (SSSR count). The number of rotatable bonds is 6. The minimum Gasteiger partial charge on any atom is -0.497 e. The Morgan fingerprint density at radius 1 is 0.947 bits per heavy atom. The van der Waals surface area contributed by atoms with Gasteiger partial charge in [-0.2, -0.15) is 0 Å². The van der Waals surface area contributed by atoms with Gasteiger partial charge >= 0.3 is 0 Å². The van der Waals surface area contributed by atoms with Gasteiger partial charge in [0.2, 0.25) is 0 Å². The van der Waals surface area contributed by atoms with Crippen molar-refractivity contribution < 1.29 is 9.47 Å².